The van der Waals surface area contributed by atoms with Crippen LogP contribution >= 0.6 is 0 Å². The Labute approximate surface area is 143 Å². The first-order valence-electron chi connectivity index (χ1n) is 8.03. The van der Waals surface area contributed by atoms with Gasteiger partial charge in [0.25, 0.3) is 0 Å². The number of benzene rings is 1. The van der Waals surface area contributed by atoms with Gasteiger partial charge in [0, 0.05) is 43.1 Å². The number of nitrogens with two attached hydrogens (primary N) is 1. The Morgan fingerprint density at radius 1 is 1.32 bits per heavy atom. The second-order valence-corrected chi connectivity index (χ2v) is 6.40. The number of anilines is 2. The minimum atomic E-state index is -2.68. The normalized spacial score (nSPS) is 17.4. The topological polar surface area (TPSA) is 72.9 Å². The van der Waals surface area contributed by atoms with Gasteiger partial charge in [-0.3, -0.25) is 9.48 Å². The molecule has 0 spiro atoms. The lowest BCUT2D eigenvalue weighted by atomic mass is 9.86. The Morgan fingerprint density at radius 3 is 2.64 bits per heavy atom. The number of nitrogens with zero attached hydrogens (tertiary/aromatic N) is 2. The molecule has 25 heavy (non-hydrogen) atoms. The molecule has 1 aromatic heterocycles. The maximum absolute atomic E-state index is 14.0. The minimum absolute atomic E-state index is 0.149. The summed E-state index contributed by atoms with van der Waals surface area (Å²) in [5.74, 6) is -3.57. The number of carbonyl (C=O) groups excluding carboxylic acids is 1. The van der Waals surface area contributed by atoms with E-state index in [1.807, 2.05) is 0 Å². The Hall–Kier alpha value is -2.51. The van der Waals surface area contributed by atoms with E-state index in [2.05, 4.69) is 10.4 Å². The standard InChI is InChI=1S/C17H19F3N4O/c1-24-15(22-16(25)10-4-6-17(19,20)7-5-10)9-14(23-24)12-3-2-11(21)8-13(12)18/h2-3,8-10H,4-7,21H2,1H3,(H,22,25). The number of aromatic nitrogens is 2. The van der Waals surface area contributed by atoms with E-state index in [9.17, 15) is 18.0 Å². The van der Waals surface area contributed by atoms with E-state index in [0.29, 0.717) is 17.2 Å². The molecular formula is C17H19F3N4O. The largest absolute Gasteiger partial charge is 0.399 e. The SMILES string of the molecule is Cn1nc(-c2ccc(N)cc2F)cc1NC(=O)C1CCC(F)(F)CC1. The first-order chi connectivity index (χ1) is 11.7. The number of amides is 1. The van der Waals surface area contributed by atoms with E-state index in [1.165, 1.54) is 16.8 Å². The average molecular weight is 352 g/mol. The summed E-state index contributed by atoms with van der Waals surface area (Å²) < 4.78 is 41.8. The van der Waals surface area contributed by atoms with Gasteiger partial charge in [-0.25, -0.2) is 13.2 Å². The van der Waals surface area contributed by atoms with Gasteiger partial charge in [0.15, 0.2) is 0 Å². The molecule has 3 N–H and O–H groups in total. The van der Waals surface area contributed by atoms with Gasteiger partial charge in [-0.15, -0.1) is 0 Å². The lowest BCUT2D eigenvalue weighted by Crippen LogP contribution is -2.32. The van der Waals surface area contributed by atoms with Crippen LogP contribution in [0.5, 0.6) is 0 Å². The van der Waals surface area contributed by atoms with E-state index >= 15 is 0 Å². The highest BCUT2D eigenvalue weighted by atomic mass is 19.3. The lowest BCUT2D eigenvalue weighted by molar-refractivity contribution is -0.124. The monoisotopic (exact) mass is 352 g/mol. The molecule has 2 aromatic rings. The minimum Gasteiger partial charge on any atom is -0.399 e. The Balaban J connectivity index is 1.74. The molecular weight excluding hydrogens is 333 g/mol. The average Bonchev–Trinajstić information content (AvgIpc) is 2.87. The van der Waals surface area contributed by atoms with E-state index in [0.717, 1.165) is 0 Å². The number of hydrogen-bond acceptors (Lipinski definition) is 3. The second-order valence-electron chi connectivity index (χ2n) is 6.40. The van der Waals surface area contributed by atoms with Crippen LogP contribution in [0.15, 0.2) is 24.3 Å². The van der Waals surface area contributed by atoms with Gasteiger partial charge in [-0.2, -0.15) is 5.10 Å². The van der Waals surface area contributed by atoms with E-state index < -0.39 is 17.7 Å². The number of alkyl halides is 2. The fraction of sp³-hybridized carbons (Fsp3) is 0.412. The summed E-state index contributed by atoms with van der Waals surface area (Å²) in [5.41, 5.74) is 6.46. The van der Waals surface area contributed by atoms with Crippen molar-refractivity contribution in [2.24, 2.45) is 13.0 Å². The third-order valence-corrected chi connectivity index (χ3v) is 4.49. The molecule has 1 aliphatic rings. The third kappa shape index (κ3) is 3.78. The van der Waals surface area contributed by atoms with Crippen LogP contribution in [0.25, 0.3) is 11.3 Å². The van der Waals surface area contributed by atoms with Gasteiger partial charge in [0.1, 0.15) is 11.6 Å². The zero-order valence-corrected chi connectivity index (χ0v) is 13.7. The van der Waals surface area contributed by atoms with Crippen molar-refractivity contribution >= 4 is 17.4 Å². The van der Waals surface area contributed by atoms with Gasteiger partial charge in [-0.05, 0) is 31.0 Å². The van der Waals surface area contributed by atoms with Crippen LogP contribution in [0, 0.1) is 11.7 Å². The highest BCUT2D eigenvalue weighted by molar-refractivity contribution is 5.92. The first-order valence-corrected chi connectivity index (χ1v) is 8.03. The quantitative estimate of drug-likeness (QED) is 0.830. The summed E-state index contributed by atoms with van der Waals surface area (Å²) in [6, 6.07) is 5.82. The highest BCUT2D eigenvalue weighted by Crippen LogP contribution is 2.36. The lowest BCUT2D eigenvalue weighted by Gasteiger charge is -2.27. The van der Waals surface area contributed by atoms with Crippen LogP contribution in [0.4, 0.5) is 24.7 Å². The summed E-state index contributed by atoms with van der Waals surface area (Å²) >= 11 is 0. The molecule has 1 saturated carbocycles. The predicted molar refractivity (Wildman–Crippen MR) is 88.5 cm³/mol. The summed E-state index contributed by atoms with van der Waals surface area (Å²) in [5, 5.41) is 6.89. The van der Waals surface area contributed by atoms with Gasteiger partial charge < -0.3 is 11.1 Å². The molecule has 8 heteroatoms. The Morgan fingerprint density at radius 2 is 2.00 bits per heavy atom. The molecule has 0 saturated heterocycles. The number of rotatable bonds is 3. The van der Waals surface area contributed by atoms with Crippen molar-refractivity contribution in [3.63, 3.8) is 0 Å². The third-order valence-electron chi connectivity index (χ3n) is 4.49. The Bertz CT molecular complexity index is 793. The number of nitrogens with one attached hydrogen (secondary N) is 1. The molecule has 0 radical (unpaired) electrons. The second kappa shape index (κ2) is 6.42. The van der Waals surface area contributed by atoms with Gasteiger partial charge in [0.05, 0.1) is 5.69 Å². The van der Waals surface area contributed by atoms with Crippen LogP contribution in [-0.4, -0.2) is 21.6 Å². The molecule has 0 atom stereocenters. The number of hydrogen-bond donors (Lipinski definition) is 2. The molecule has 1 amide bonds. The summed E-state index contributed by atoms with van der Waals surface area (Å²) in [6.07, 6.45) is -0.261. The van der Waals surface area contributed by atoms with E-state index in [4.69, 9.17) is 5.73 Å². The molecule has 1 fully saturated rings. The molecule has 3 rings (SSSR count). The van der Waals surface area contributed by atoms with Crippen molar-refractivity contribution in [3.8, 4) is 11.3 Å². The van der Waals surface area contributed by atoms with Gasteiger partial charge in [-0.1, -0.05) is 0 Å². The van der Waals surface area contributed by atoms with Crippen LogP contribution < -0.4 is 11.1 Å². The summed E-state index contributed by atoms with van der Waals surface area (Å²) in [4.78, 5) is 12.3. The van der Waals surface area contributed by atoms with E-state index in [-0.39, 0.29) is 37.2 Å². The van der Waals surface area contributed by atoms with Crippen molar-refractivity contribution < 1.29 is 18.0 Å². The smallest absolute Gasteiger partial charge is 0.248 e. The van der Waals surface area contributed by atoms with Crippen molar-refractivity contribution in [2.75, 3.05) is 11.1 Å². The molecule has 134 valence electrons. The molecule has 1 heterocycles. The molecule has 0 unspecified atom stereocenters. The molecule has 1 aromatic carbocycles. The zero-order valence-electron chi connectivity index (χ0n) is 13.7. The number of aryl methyl sites for hydroxylation is 1. The van der Waals surface area contributed by atoms with Crippen LogP contribution in [0.2, 0.25) is 0 Å². The predicted octanol–water partition coefficient (Wildman–Crippen LogP) is 3.57. The fourth-order valence-electron chi connectivity index (χ4n) is 2.99. The number of nitrogen functional groups attached to an aromatic ring is 1. The van der Waals surface area contributed by atoms with Crippen LogP contribution in [-0.2, 0) is 11.8 Å². The van der Waals surface area contributed by atoms with Crippen molar-refractivity contribution in [1.29, 1.82) is 0 Å². The van der Waals surface area contributed by atoms with Crippen molar-refractivity contribution in [3.05, 3.63) is 30.1 Å². The van der Waals surface area contributed by atoms with Gasteiger partial charge in [0.2, 0.25) is 11.8 Å². The number of halogens is 3. The highest BCUT2D eigenvalue weighted by Gasteiger charge is 2.37. The first kappa shape index (κ1) is 17.3. The van der Waals surface area contributed by atoms with Gasteiger partial charge >= 0.3 is 0 Å². The van der Waals surface area contributed by atoms with E-state index in [1.54, 1.807) is 19.2 Å². The maximum atomic E-state index is 14.0. The number of carbonyl (C=O) groups is 1. The molecule has 0 bridgehead atoms. The summed E-state index contributed by atoms with van der Waals surface area (Å²) in [7, 11) is 1.61. The zero-order chi connectivity index (χ0) is 18.2. The molecule has 5 nitrogen and oxygen atoms in total. The molecule has 0 aliphatic heterocycles. The maximum Gasteiger partial charge on any atom is 0.248 e. The fourth-order valence-corrected chi connectivity index (χ4v) is 2.99. The summed E-state index contributed by atoms with van der Waals surface area (Å²) in [6.45, 7) is 0. The van der Waals surface area contributed by atoms with Crippen molar-refractivity contribution in [1.82, 2.24) is 9.78 Å². The molecule has 1 aliphatic carbocycles. The van der Waals surface area contributed by atoms with Crippen molar-refractivity contribution in [2.45, 2.75) is 31.6 Å². The Kier molecular flexibility index (Phi) is 4.45. The van der Waals surface area contributed by atoms with Crippen LogP contribution in [0.3, 0.4) is 0 Å². The van der Waals surface area contributed by atoms with Crippen LogP contribution in [0.1, 0.15) is 25.7 Å².